The van der Waals surface area contributed by atoms with Crippen LogP contribution in [0.25, 0.3) is 11.0 Å². The Morgan fingerprint density at radius 1 is 1.00 bits per heavy atom. The molecule has 3 heterocycles. The van der Waals surface area contributed by atoms with Crippen molar-refractivity contribution in [1.29, 1.82) is 0 Å². The fourth-order valence-electron chi connectivity index (χ4n) is 5.87. The van der Waals surface area contributed by atoms with Crippen LogP contribution >= 0.6 is 11.3 Å². The lowest BCUT2D eigenvalue weighted by molar-refractivity contribution is -0.135. The molecule has 3 aromatic rings. The average molecular weight is 566 g/mol. The van der Waals surface area contributed by atoms with Gasteiger partial charge in [-0.3, -0.25) is 14.5 Å². The third-order valence-electron chi connectivity index (χ3n) is 7.86. The van der Waals surface area contributed by atoms with Gasteiger partial charge in [0.25, 0.3) is 5.91 Å². The van der Waals surface area contributed by atoms with Crippen LogP contribution in [0, 0.1) is 11.8 Å². The van der Waals surface area contributed by atoms with Crippen LogP contribution in [-0.4, -0.2) is 69.9 Å². The second kappa shape index (κ2) is 13.8. The quantitative estimate of drug-likeness (QED) is 0.293. The number of rotatable bonds is 12. The minimum atomic E-state index is -0.531. The van der Waals surface area contributed by atoms with E-state index in [-0.39, 0.29) is 17.7 Å². The fraction of sp³-hybridized carbons (Fsp3) is 0.594. The molecule has 1 saturated heterocycles. The van der Waals surface area contributed by atoms with Crippen LogP contribution in [0.4, 0.5) is 0 Å². The molecule has 1 fully saturated rings. The first-order valence-electron chi connectivity index (χ1n) is 15.0. The highest BCUT2D eigenvalue weighted by Gasteiger charge is 2.30. The van der Waals surface area contributed by atoms with Gasteiger partial charge in [0.2, 0.25) is 5.91 Å². The number of nitrogens with one attached hydrogen (secondary N) is 1. The Morgan fingerprint density at radius 2 is 1.73 bits per heavy atom. The zero-order chi connectivity index (χ0) is 28.8. The van der Waals surface area contributed by atoms with Gasteiger partial charge >= 0.3 is 0 Å². The zero-order valence-corrected chi connectivity index (χ0v) is 26.0. The number of carbonyl (C=O) groups is 2. The van der Waals surface area contributed by atoms with E-state index in [9.17, 15) is 9.59 Å². The van der Waals surface area contributed by atoms with Crippen molar-refractivity contribution in [2.24, 2.45) is 11.8 Å². The van der Waals surface area contributed by atoms with Gasteiger partial charge in [0.15, 0.2) is 0 Å². The number of hydrogen-bond donors (Lipinski definition) is 1. The molecule has 8 heteroatoms. The molecule has 1 aromatic carbocycles. The highest BCUT2D eigenvalue weighted by atomic mass is 32.1. The topological polar surface area (TPSA) is 70.5 Å². The fourth-order valence-corrected chi connectivity index (χ4v) is 6.57. The molecule has 0 aliphatic carbocycles. The normalized spacial score (nSPS) is 15.5. The summed E-state index contributed by atoms with van der Waals surface area (Å²) < 4.78 is 2.36. The van der Waals surface area contributed by atoms with Gasteiger partial charge in [-0.1, -0.05) is 47.6 Å². The molecule has 0 unspecified atom stereocenters. The van der Waals surface area contributed by atoms with Crippen molar-refractivity contribution in [3.63, 3.8) is 0 Å². The lowest BCUT2D eigenvalue weighted by atomic mass is 10.0. The molecular weight excluding hydrogens is 518 g/mol. The van der Waals surface area contributed by atoms with E-state index in [0.29, 0.717) is 37.0 Å². The summed E-state index contributed by atoms with van der Waals surface area (Å²) in [4.78, 5) is 37.7. The standard InChI is InChI=1S/C32H47N5O2S/c1-7-25(8-2)37-29-12-11-24(19-27(29)33-30(37)20-26-10-9-17-40-26)31(38)34-28(18-22(3)4)32(39)36-15-13-35(14-16-36)21-23(5)6/h9-12,17,19,22-23,25,28H,7-8,13-16,18,20-21H2,1-6H3,(H,34,38)/t28-/m0/s1. The van der Waals surface area contributed by atoms with E-state index < -0.39 is 6.04 Å². The van der Waals surface area contributed by atoms with Crippen LogP contribution < -0.4 is 5.32 Å². The van der Waals surface area contributed by atoms with Gasteiger partial charge in [-0.25, -0.2) is 4.98 Å². The predicted molar refractivity (Wildman–Crippen MR) is 165 cm³/mol. The van der Waals surface area contributed by atoms with Crippen LogP contribution in [0.1, 0.15) is 87.9 Å². The number of imidazole rings is 1. The summed E-state index contributed by atoms with van der Waals surface area (Å²) in [5, 5.41) is 5.20. The molecule has 0 bridgehead atoms. The van der Waals surface area contributed by atoms with Gasteiger partial charge < -0.3 is 14.8 Å². The number of nitrogens with zero attached hydrogens (tertiary/aromatic N) is 4. The van der Waals surface area contributed by atoms with Crippen molar-refractivity contribution in [2.45, 2.75) is 79.3 Å². The van der Waals surface area contributed by atoms with Crippen molar-refractivity contribution in [1.82, 2.24) is 24.7 Å². The van der Waals surface area contributed by atoms with Gasteiger partial charge in [-0.2, -0.15) is 0 Å². The number of hydrogen-bond acceptors (Lipinski definition) is 5. The lowest BCUT2D eigenvalue weighted by Crippen LogP contribution is -2.55. The summed E-state index contributed by atoms with van der Waals surface area (Å²) in [6.45, 7) is 17.3. The molecule has 7 nitrogen and oxygen atoms in total. The molecule has 40 heavy (non-hydrogen) atoms. The Kier molecular flexibility index (Phi) is 10.4. The van der Waals surface area contributed by atoms with Crippen LogP contribution in [0.3, 0.4) is 0 Å². The van der Waals surface area contributed by atoms with E-state index in [0.717, 1.165) is 55.8 Å². The van der Waals surface area contributed by atoms with Crippen LogP contribution in [-0.2, 0) is 11.2 Å². The number of fused-ring (bicyclic) bond motifs is 1. The van der Waals surface area contributed by atoms with Crippen molar-refractivity contribution in [3.05, 3.63) is 52.0 Å². The lowest BCUT2D eigenvalue weighted by Gasteiger charge is -2.37. The minimum Gasteiger partial charge on any atom is -0.340 e. The number of carbonyl (C=O) groups excluding carboxylic acids is 2. The van der Waals surface area contributed by atoms with E-state index in [1.54, 1.807) is 11.3 Å². The summed E-state index contributed by atoms with van der Waals surface area (Å²) in [5.74, 6) is 1.75. The molecule has 1 N–H and O–H groups in total. The van der Waals surface area contributed by atoms with Gasteiger partial charge in [0.1, 0.15) is 11.9 Å². The molecule has 218 valence electrons. The Labute approximate surface area is 243 Å². The summed E-state index contributed by atoms with van der Waals surface area (Å²) >= 11 is 1.74. The molecule has 4 rings (SSSR count). The molecule has 2 amide bonds. The molecule has 1 aliphatic heterocycles. The van der Waals surface area contributed by atoms with Crippen molar-refractivity contribution in [2.75, 3.05) is 32.7 Å². The molecule has 1 atom stereocenters. The summed E-state index contributed by atoms with van der Waals surface area (Å²) in [6.07, 6.45) is 3.44. The van der Waals surface area contributed by atoms with Gasteiger partial charge in [0, 0.05) is 55.6 Å². The molecule has 1 aliphatic rings. The zero-order valence-electron chi connectivity index (χ0n) is 25.2. The smallest absolute Gasteiger partial charge is 0.252 e. The third kappa shape index (κ3) is 7.32. The second-order valence-electron chi connectivity index (χ2n) is 12.0. The molecule has 0 radical (unpaired) electrons. The van der Waals surface area contributed by atoms with Crippen molar-refractivity contribution >= 4 is 34.2 Å². The van der Waals surface area contributed by atoms with Gasteiger partial charge in [-0.15, -0.1) is 11.3 Å². The Morgan fingerprint density at radius 3 is 2.33 bits per heavy atom. The first-order valence-corrected chi connectivity index (χ1v) is 15.9. The number of aromatic nitrogens is 2. The average Bonchev–Trinajstić information content (AvgIpc) is 3.56. The van der Waals surface area contributed by atoms with Crippen LogP contribution in [0.15, 0.2) is 35.7 Å². The Bertz CT molecular complexity index is 1250. The molecule has 0 spiro atoms. The molecule has 2 aromatic heterocycles. The van der Waals surface area contributed by atoms with Crippen molar-refractivity contribution < 1.29 is 9.59 Å². The first kappa shape index (κ1) is 30.3. The minimum absolute atomic E-state index is 0.0311. The number of thiophene rings is 1. The van der Waals surface area contributed by atoms with Gasteiger partial charge in [0.05, 0.1) is 11.0 Å². The van der Waals surface area contributed by atoms with Crippen LogP contribution in [0.5, 0.6) is 0 Å². The number of benzene rings is 1. The predicted octanol–water partition coefficient (Wildman–Crippen LogP) is 5.99. The van der Waals surface area contributed by atoms with E-state index in [4.69, 9.17) is 4.98 Å². The maximum atomic E-state index is 13.6. The number of piperazine rings is 1. The second-order valence-corrected chi connectivity index (χ2v) is 13.0. The first-order chi connectivity index (χ1) is 19.2. The summed E-state index contributed by atoms with van der Waals surface area (Å²) in [5.41, 5.74) is 2.44. The highest BCUT2D eigenvalue weighted by molar-refractivity contribution is 7.09. The Hall–Kier alpha value is -2.71. The monoisotopic (exact) mass is 565 g/mol. The summed E-state index contributed by atoms with van der Waals surface area (Å²) in [7, 11) is 0. The van der Waals surface area contributed by atoms with Gasteiger partial charge in [-0.05, 0) is 60.7 Å². The maximum Gasteiger partial charge on any atom is 0.252 e. The molecule has 0 saturated carbocycles. The Balaban J connectivity index is 1.53. The number of amides is 2. The summed E-state index contributed by atoms with van der Waals surface area (Å²) in [6, 6.07) is 9.85. The van der Waals surface area contributed by atoms with E-state index in [1.165, 1.54) is 4.88 Å². The van der Waals surface area contributed by atoms with E-state index in [2.05, 4.69) is 73.8 Å². The van der Waals surface area contributed by atoms with Crippen LogP contribution in [0.2, 0.25) is 0 Å². The third-order valence-corrected chi connectivity index (χ3v) is 8.74. The highest BCUT2D eigenvalue weighted by Crippen LogP contribution is 2.28. The van der Waals surface area contributed by atoms with Crippen molar-refractivity contribution in [3.8, 4) is 0 Å². The van der Waals surface area contributed by atoms with E-state index >= 15 is 0 Å². The SMILES string of the molecule is CCC(CC)n1c(Cc2cccs2)nc2cc(C(=O)N[C@@H](CC(C)C)C(=O)N3CCN(CC(C)C)CC3)ccc21. The largest absolute Gasteiger partial charge is 0.340 e. The maximum absolute atomic E-state index is 13.6. The van der Waals surface area contributed by atoms with E-state index in [1.807, 2.05) is 23.1 Å². The molecular formula is C32H47N5O2S.